The van der Waals surface area contributed by atoms with E-state index in [1.165, 1.54) is 12.8 Å². The van der Waals surface area contributed by atoms with E-state index in [0.717, 1.165) is 31.2 Å². The molecule has 19 heavy (non-hydrogen) atoms. The molecule has 4 heteroatoms. The Morgan fingerprint density at radius 3 is 2.32 bits per heavy atom. The molecule has 0 bridgehead atoms. The summed E-state index contributed by atoms with van der Waals surface area (Å²) in [7, 11) is 0. The summed E-state index contributed by atoms with van der Waals surface area (Å²) < 4.78 is 0. The van der Waals surface area contributed by atoms with Gasteiger partial charge in [0, 0.05) is 10.6 Å². The van der Waals surface area contributed by atoms with Crippen molar-refractivity contribution >= 4 is 23.2 Å². The Balaban J connectivity index is 1.92. The maximum atomic E-state index is 12.2. The van der Waals surface area contributed by atoms with Crippen molar-refractivity contribution in [2.24, 2.45) is 4.99 Å². The minimum Gasteiger partial charge on any atom is -0.326 e. The van der Waals surface area contributed by atoms with E-state index >= 15 is 0 Å². The first-order valence-corrected chi connectivity index (χ1v) is 7.25. The van der Waals surface area contributed by atoms with E-state index in [-0.39, 0.29) is 11.6 Å². The van der Waals surface area contributed by atoms with Gasteiger partial charge in [-0.3, -0.25) is 9.79 Å². The van der Waals surface area contributed by atoms with Crippen LogP contribution in [0.1, 0.15) is 44.1 Å². The molecule has 1 saturated carbocycles. The van der Waals surface area contributed by atoms with Crippen molar-refractivity contribution in [2.75, 3.05) is 0 Å². The number of hydrogen-bond acceptors (Lipinski definition) is 2. The van der Waals surface area contributed by atoms with Crippen molar-refractivity contribution in [1.82, 2.24) is 5.32 Å². The molecule has 1 aromatic carbocycles. The normalized spacial score (nSPS) is 21.9. The summed E-state index contributed by atoms with van der Waals surface area (Å²) in [6, 6.07) is 7.31. The summed E-state index contributed by atoms with van der Waals surface area (Å²) in [6.45, 7) is 0. The minimum absolute atomic E-state index is 0.0516. The fraction of sp³-hybridized carbons (Fsp3) is 0.467. The maximum Gasteiger partial charge on any atom is 0.272 e. The smallest absolute Gasteiger partial charge is 0.272 e. The lowest BCUT2D eigenvalue weighted by Crippen LogP contribution is -2.42. The molecule has 1 N–H and O–H groups in total. The third-order valence-electron chi connectivity index (χ3n) is 3.94. The van der Waals surface area contributed by atoms with Gasteiger partial charge in [-0.15, -0.1) is 0 Å². The number of hydrogen-bond donors (Lipinski definition) is 1. The molecule has 1 heterocycles. The molecule has 1 aliphatic heterocycles. The highest BCUT2D eigenvalue weighted by Gasteiger charge is 2.39. The highest BCUT2D eigenvalue weighted by molar-refractivity contribution is 6.47. The molecule has 0 saturated heterocycles. The fourth-order valence-electron chi connectivity index (χ4n) is 2.92. The lowest BCUT2D eigenvalue weighted by Gasteiger charge is -2.24. The van der Waals surface area contributed by atoms with Crippen LogP contribution >= 0.6 is 11.6 Å². The van der Waals surface area contributed by atoms with Crippen LogP contribution in [0.3, 0.4) is 0 Å². The van der Waals surface area contributed by atoms with Gasteiger partial charge in [0.15, 0.2) is 0 Å². The lowest BCUT2D eigenvalue weighted by atomic mass is 10.0. The van der Waals surface area contributed by atoms with Gasteiger partial charge in [-0.2, -0.15) is 0 Å². The average Bonchev–Trinajstić information content (AvgIpc) is 2.58. The summed E-state index contributed by atoms with van der Waals surface area (Å²) in [5.74, 6) is -0.0516. The molecule has 0 atom stereocenters. The van der Waals surface area contributed by atoms with Crippen LogP contribution in [-0.4, -0.2) is 17.3 Å². The number of carbonyl (C=O) groups excluding carboxylic acids is 1. The van der Waals surface area contributed by atoms with Gasteiger partial charge in [0.05, 0.1) is 0 Å². The minimum atomic E-state index is -0.345. The Kier molecular flexibility index (Phi) is 3.31. The van der Waals surface area contributed by atoms with Crippen LogP contribution in [0.5, 0.6) is 0 Å². The third-order valence-corrected chi connectivity index (χ3v) is 4.19. The van der Waals surface area contributed by atoms with Crippen molar-refractivity contribution in [2.45, 2.75) is 44.2 Å². The first kappa shape index (κ1) is 12.7. The Morgan fingerprint density at radius 2 is 1.68 bits per heavy atom. The molecule has 0 aromatic heterocycles. The number of carbonyl (C=O) groups is 1. The molecule has 1 aromatic rings. The molecule has 0 radical (unpaired) electrons. The summed E-state index contributed by atoms with van der Waals surface area (Å²) in [4.78, 5) is 16.9. The van der Waals surface area contributed by atoms with Gasteiger partial charge >= 0.3 is 0 Å². The van der Waals surface area contributed by atoms with Crippen molar-refractivity contribution < 1.29 is 4.79 Å². The van der Waals surface area contributed by atoms with E-state index in [4.69, 9.17) is 16.6 Å². The Labute approximate surface area is 118 Å². The third kappa shape index (κ3) is 2.52. The summed E-state index contributed by atoms with van der Waals surface area (Å²) in [6.07, 6.45) is 6.66. The maximum absolute atomic E-state index is 12.2. The molecule has 100 valence electrons. The fourth-order valence-corrected chi connectivity index (χ4v) is 3.04. The summed E-state index contributed by atoms with van der Waals surface area (Å²) in [5.41, 5.74) is 1.06. The van der Waals surface area contributed by atoms with Gasteiger partial charge in [0.1, 0.15) is 11.4 Å². The number of aliphatic imine (C=N–C) groups is 1. The quantitative estimate of drug-likeness (QED) is 0.840. The predicted molar refractivity (Wildman–Crippen MR) is 76.6 cm³/mol. The van der Waals surface area contributed by atoms with E-state index in [1.54, 1.807) is 12.1 Å². The zero-order valence-corrected chi connectivity index (χ0v) is 11.5. The van der Waals surface area contributed by atoms with Gasteiger partial charge in [-0.1, -0.05) is 36.6 Å². The monoisotopic (exact) mass is 276 g/mol. The van der Waals surface area contributed by atoms with Gasteiger partial charge in [-0.05, 0) is 37.8 Å². The van der Waals surface area contributed by atoms with Crippen molar-refractivity contribution in [3.8, 4) is 0 Å². The average molecular weight is 277 g/mol. The van der Waals surface area contributed by atoms with Crippen LogP contribution in [0.4, 0.5) is 0 Å². The Hall–Kier alpha value is -1.35. The molecule has 1 aliphatic carbocycles. The highest BCUT2D eigenvalue weighted by Crippen LogP contribution is 2.32. The molecular formula is C15H17ClN2O. The molecule has 1 spiro atoms. The van der Waals surface area contributed by atoms with Gasteiger partial charge in [0.25, 0.3) is 5.91 Å². The number of nitrogens with zero attached hydrogens (tertiary/aromatic N) is 1. The van der Waals surface area contributed by atoms with Gasteiger partial charge in [0.2, 0.25) is 0 Å². The van der Waals surface area contributed by atoms with Gasteiger partial charge < -0.3 is 5.32 Å². The summed E-state index contributed by atoms with van der Waals surface area (Å²) in [5, 5.41) is 3.77. The number of halogens is 1. The zero-order valence-electron chi connectivity index (χ0n) is 10.8. The second-order valence-corrected chi connectivity index (χ2v) is 5.80. The van der Waals surface area contributed by atoms with Crippen LogP contribution < -0.4 is 5.32 Å². The Bertz CT molecular complexity index is 513. The van der Waals surface area contributed by atoms with E-state index in [2.05, 4.69) is 5.32 Å². The number of amides is 1. The van der Waals surface area contributed by atoms with Crippen molar-refractivity contribution in [1.29, 1.82) is 0 Å². The molecule has 3 rings (SSSR count). The molecule has 2 aliphatic rings. The first-order chi connectivity index (χ1) is 9.19. The number of rotatable bonds is 1. The second kappa shape index (κ2) is 4.97. The first-order valence-electron chi connectivity index (χ1n) is 6.87. The lowest BCUT2D eigenvalue weighted by molar-refractivity contribution is -0.115. The second-order valence-electron chi connectivity index (χ2n) is 5.37. The predicted octanol–water partition coefficient (Wildman–Crippen LogP) is 3.31. The molecule has 0 unspecified atom stereocenters. The van der Waals surface area contributed by atoms with Crippen LogP contribution in [0.15, 0.2) is 29.3 Å². The van der Waals surface area contributed by atoms with E-state index in [1.807, 2.05) is 12.1 Å². The van der Waals surface area contributed by atoms with E-state index < -0.39 is 0 Å². The largest absolute Gasteiger partial charge is 0.326 e. The number of benzene rings is 1. The molecule has 1 fully saturated rings. The van der Waals surface area contributed by atoms with Crippen LogP contribution in [0.25, 0.3) is 0 Å². The van der Waals surface area contributed by atoms with E-state index in [9.17, 15) is 4.79 Å². The standard InChI is InChI=1S/C15H17ClN2O/c16-12-7-5-11(6-8-12)13-14(19)18-15(17-13)9-3-1-2-4-10-15/h5-8H,1-4,9-10H2,(H,18,19). The molecule has 3 nitrogen and oxygen atoms in total. The topological polar surface area (TPSA) is 41.5 Å². The highest BCUT2D eigenvalue weighted by atomic mass is 35.5. The van der Waals surface area contributed by atoms with Crippen LogP contribution in [-0.2, 0) is 4.79 Å². The number of nitrogens with one attached hydrogen (secondary N) is 1. The van der Waals surface area contributed by atoms with Crippen molar-refractivity contribution in [3.63, 3.8) is 0 Å². The zero-order chi connectivity index (χ0) is 13.3. The van der Waals surface area contributed by atoms with Gasteiger partial charge in [-0.25, -0.2) is 0 Å². The van der Waals surface area contributed by atoms with Crippen LogP contribution in [0, 0.1) is 0 Å². The Morgan fingerprint density at radius 1 is 1.05 bits per heavy atom. The van der Waals surface area contributed by atoms with Crippen LogP contribution in [0.2, 0.25) is 5.02 Å². The summed E-state index contributed by atoms with van der Waals surface area (Å²) >= 11 is 5.88. The molecule has 1 amide bonds. The van der Waals surface area contributed by atoms with E-state index in [0.29, 0.717) is 10.7 Å². The van der Waals surface area contributed by atoms with Crippen molar-refractivity contribution in [3.05, 3.63) is 34.9 Å². The SMILES string of the molecule is O=C1NC2(CCCCCC2)N=C1c1ccc(Cl)cc1. The molecular weight excluding hydrogens is 260 g/mol.